The third-order valence-corrected chi connectivity index (χ3v) is 3.65. The van der Waals surface area contributed by atoms with Crippen molar-refractivity contribution in [3.05, 3.63) is 45.7 Å². The quantitative estimate of drug-likeness (QED) is 0.940. The van der Waals surface area contributed by atoms with Crippen molar-refractivity contribution in [2.45, 2.75) is 26.5 Å². The van der Waals surface area contributed by atoms with Crippen LogP contribution < -0.4 is 4.74 Å². The molecule has 1 heterocycles. The molecule has 1 atom stereocenters. The zero-order valence-electron chi connectivity index (χ0n) is 11.2. The maximum absolute atomic E-state index is 10.6. The van der Waals surface area contributed by atoms with Gasteiger partial charge in [0.1, 0.15) is 11.8 Å². The second kappa shape index (κ2) is 5.75. The molecule has 0 radical (unpaired) electrons. The van der Waals surface area contributed by atoms with Crippen LogP contribution in [0.25, 0.3) is 0 Å². The highest BCUT2D eigenvalue weighted by Gasteiger charge is 2.22. The Labute approximate surface area is 121 Å². The lowest BCUT2D eigenvalue weighted by Gasteiger charge is -2.17. The zero-order chi connectivity index (χ0) is 14.0. The minimum atomic E-state index is -0.755. The highest BCUT2D eigenvalue weighted by atomic mass is 79.9. The monoisotopic (exact) mass is 324 g/mol. The first-order valence-electron chi connectivity index (χ1n) is 6.12. The second-order valence-electron chi connectivity index (χ2n) is 4.32. The fraction of sp³-hybridized carbons (Fsp3) is 0.357. The summed E-state index contributed by atoms with van der Waals surface area (Å²) in [6, 6.07) is 5.86. The van der Waals surface area contributed by atoms with E-state index < -0.39 is 6.10 Å². The van der Waals surface area contributed by atoms with Crippen molar-refractivity contribution in [3.63, 3.8) is 0 Å². The van der Waals surface area contributed by atoms with Crippen LogP contribution in [-0.2, 0) is 6.54 Å². The number of methoxy groups -OCH3 is 1. The van der Waals surface area contributed by atoms with E-state index >= 15 is 0 Å². The first-order valence-corrected chi connectivity index (χ1v) is 6.91. The van der Waals surface area contributed by atoms with Crippen molar-refractivity contribution in [2.75, 3.05) is 7.11 Å². The van der Waals surface area contributed by atoms with E-state index in [0.29, 0.717) is 18.0 Å². The van der Waals surface area contributed by atoms with Crippen LogP contribution >= 0.6 is 15.9 Å². The lowest BCUT2D eigenvalue weighted by atomic mass is 10.0. The van der Waals surface area contributed by atoms with Crippen LogP contribution in [0.5, 0.6) is 5.75 Å². The molecule has 0 bridgehead atoms. The van der Waals surface area contributed by atoms with Gasteiger partial charge in [0.05, 0.1) is 13.3 Å². The predicted molar refractivity (Wildman–Crippen MR) is 77.4 cm³/mol. The van der Waals surface area contributed by atoms with E-state index in [1.54, 1.807) is 18.0 Å². The fourth-order valence-electron chi connectivity index (χ4n) is 2.12. The van der Waals surface area contributed by atoms with E-state index in [1.807, 2.05) is 32.0 Å². The predicted octanol–water partition coefficient (Wildman–Crippen LogP) is 3.06. The normalized spacial score (nSPS) is 12.5. The summed E-state index contributed by atoms with van der Waals surface area (Å²) in [6.45, 7) is 4.64. The number of hydrogen-bond donors (Lipinski definition) is 1. The molecule has 1 aromatic carbocycles. The first-order chi connectivity index (χ1) is 9.08. The van der Waals surface area contributed by atoms with Crippen LogP contribution in [-0.4, -0.2) is 22.0 Å². The summed E-state index contributed by atoms with van der Waals surface area (Å²) in [5.41, 5.74) is 2.57. The van der Waals surface area contributed by atoms with Crippen molar-refractivity contribution < 1.29 is 9.84 Å². The minimum absolute atomic E-state index is 0.605. The average Bonchev–Trinajstić information content (AvgIpc) is 2.83. The standard InChI is InChI=1S/C14H17BrN2O2/c1-4-17-13(12(19-3)8-16-17)14(18)11-7-10(15)6-5-9(11)2/h5-8,14,18H,4H2,1-3H3. The molecule has 19 heavy (non-hydrogen) atoms. The maximum atomic E-state index is 10.6. The van der Waals surface area contributed by atoms with E-state index in [-0.39, 0.29) is 0 Å². The molecule has 0 aliphatic heterocycles. The van der Waals surface area contributed by atoms with Gasteiger partial charge in [-0.2, -0.15) is 5.10 Å². The average molecular weight is 325 g/mol. The van der Waals surface area contributed by atoms with E-state index in [0.717, 1.165) is 15.6 Å². The molecular formula is C14H17BrN2O2. The van der Waals surface area contributed by atoms with E-state index in [1.165, 1.54) is 0 Å². The molecule has 4 nitrogen and oxygen atoms in total. The molecule has 0 spiro atoms. The van der Waals surface area contributed by atoms with E-state index in [9.17, 15) is 5.11 Å². The fourth-order valence-corrected chi connectivity index (χ4v) is 2.49. The molecule has 2 aromatic rings. The molecule has 1 N–H and O–H groups in total. The summed E-state index contributed by atoms with van der Waals surface area (Å²) in [6.07, 6.45) is 0.880. The van der Waals surface area contributed by atoms with Gasteiger partial charge in [-0.3, -0.25) is 4.68 Å². The molecular weight excluding hydrogens is 308 g/mol. The van der Waals surface area contributed by atoms with Gasteiger partial charge < -0.3 is 9.84 Å². The smallest absolute Gasteiger partial charge is 0.163 e. The van der Waals surface area contributed by atoms with Crippen LogP contribution in [0.4, 0.5) is 0 Å². The SMILES string of the molecule is CCn1ncc(OC)c1C(O)c1cc(Br)ccc1C. The molecule has 0 fully saturated rings. The molecule has 2 rings (SSSR count). The van der Waals surface area contributed by atoms with Crippen LogP contribution in [0.3, 0.4) is 0 Å². The van der Waals surface area contributed by atoms with Gasteiger partial charge in [0.15, 0.2) is 5.75 Å². The lowest BCUT2D eigenvalue weighted by molar-refractivity contribution is 0.202. The Bertz CT molecular complexity index is 559. The molecule has 0 saturated heterocycles. The summed E-state index contributed by atoms with van der Waals surface area (Å²) in [4.78, 5) is 0. The van der Waals surface area contributed by atoms with Gasteiger partial charge >= 0.3 is 0 Å². The van der Waals surface area contributed by atoms with Crippen molar-refractivity contribution in [1.82, 2.24) is 9.78 Å². The van der Waals surface area contributed by atoms with Crippen molar-refractivity contribution >= 4 is 15.9 Å². The third-order valence-electron chi connectivity index (χ3n) is 3.16. The Morgan fingerprint density at radius 3 is 2.84 bits per heavy atom. The number of aliphatic hydroxyl groups is 1. The maximum Gasteiger partial charge on any atom is 0.163 e. The highest BCUT2D eigenvalue weighted by Crippen LogP contribution is 2.32. The Morgan fingerprint density at radius 2 is 2.21 bits per heavy atom. The minimum Gasteiger partial charge on any atom is -0.493 e. The molecule has 1 unspecified atom stereocenters. The van der Waals surface area contributed by atoms with Gasteiger partial charge in [0.2, 0.25) is 0 Å². The van der Waals surface area contributed by atoms with Gasteiger partial charge in [0.25, 0.3) is 0 Å². The first kappa shape index (κ1) is 14.1. The summed E-state index contributed by atoms with van der Waals surface area (Å²) in [5.74, 6) is 0.605. The molecule has 5 heteroatoms. The second-order valence-corrected chi connectivity index (χ2v) is 5.23. The Morgan fingerprint density at radius 1 is 1.47 bits per heavy atom. The van der Waals surface area contributed by atoms with Crippen LogP contribution in [0.1, 0.15) is 29.8 Å². The number of aromatic nitrogens is 2. The summed E-state index contributed by atoms with van der Waals surface area (Å²) in [5, 5.41) is 14.9. The number of benzene rings is 1. The lowest BCUT2D eigenvalue weighted by Crippen LogP contribution is -2.11. The number of aliphatic hydroxyl groups excluding tert-OH is 1. The molecule has 102 valence electrons. The topological polar surface area (TPSA) is 47.3 Å². The Balaban J connectivity index is 2.51. The largest absolute Gasteiger partial charge is 0.493 e. The number of nitrogens with zero attached hydrogens (tertiary/aromatic N) is 2. The van der Waals surface area contributed by atoms with Crippen LogP contribution in [0.2, 0.25) is 0 Å². The highest BCUT2D eigenvalue weighted by molar-refractivity contribution is 9.10. The van der Waals surface area contributed by atoms with Gasteiger partial charge in [-0.05, 0) is 37.1 Å². The molecule has 0 amide bonds. The number of hydrogen-bond acceptors (Lipinski definition) is 3. The van der Waals surface area contributed by atoms with Crippen molar-refractivity contribution in [2.24, 2.45) is 0 Å². The third kappa shape index (κ3) is 2.67. The number of halogens is 1. The van der Waals surface area contributed by atoms with Gasteiger partial charge in [-0.25, -0.2) is 0 Å². The van der Waals surface area contributed by atoms with Crippen LogP contribution in [0, 0.1) is 6.92 Å². The Kier molecular flexibility index (Phi) is 4.27. The van der Waals surface area contributed by atoms with Gasteiger partial charge in [-0.1, -0.05) is 22.0 Å². The molecule has 0 aliphatic rings. The number of aryl methyl sites for hydroxylation is 2. The summed E-state index contributed by atoms with van der Waals surface area (Å²) >= 11 is 3.43. The summed E-state index contributed by atoms with van der Waals surface area (Å²) < 4.78 is 7.98. The van der Waals surface area contributed by atoms with E-state index in [2.05, 4.69) is 21.0 Å². The molecule has 0 aliphatic carbocycles. The number of rotatable bonds is 4. The van der Waals surface area contributed by atoms with Gasteiger partial charge in [-0.15, -0.1) is 0 Å². The van der Waals surface area contributed by atoms with Crippen LogP contribution in [0.15, 0.2) is 28.9 Å². The van der Waals surface area contributed by atoms with Crippen molar-refractivity contribution in [3.8, 4) is 5.75 Å². The van der Waals surface area contributed by atoms with Gasteiger partial charge in [0, 0.05) is 11.0 Å². The number of ether oxygens (including phenoxy) is 1. The van der Waals surface area contributed by atoms with Crippen molar-refractivity contribution in [1.29, 1.82) is 0 Å². The summed E-state index contributed by atoms with van der Waals surface area (Å²) in [7, 11) is 1.58. The zero-order valence-corrected chi connectivity index (χ0v) is 12.8. The van der Waals surface area contributed by atoms with E-state index in [4.69, 9.17) is 4.74 Å². The molecule has 1 aromatic heterocycles. The molecule has 0 saturated carbocycles. The Hall–Kier alpha value is -1.33.